The van der Waals surface area contributed by atoms with Crippen molar-refractivity contribution >= 4 is 5.78 Å². The van der Waals surface area contributed by atoms with Crippen molar-refractivity contribution in [3.05, 3.63) is 23.8 Å². The average molecular weight is 136 g/mol. The van der Waals surface area contributed by atoms with Crippen LogP contribution in [-0.4, -0.2) is 5.78 Å². The normalized spacial score (nSPS) is 25.8. The monoisotopic (exact) mass is 136 g/mol. The van der Waals surface area contributed by atoms with Crippen molar-refractivity contribution in [1.82, 2.24) is 0 Å². The van der Waals surface area contributed by atoms with Gasteiger partial charge < -0.3 is 0 Å². The first-order chi connectivity index (χ1) is 4.66. The van der Waals surface area contributed by atoms with Crippen molar-refractivity contribution in [3.63, 3.8) is 0 Å². The van der Waals surface area contributed by atoms with Crippen LogP contribution >= 0.6 is 0 Å². The zero-order chi connectivity index (χ0) is 7.72. The molecule has 0 radical (unpaired) electrons. The maximum atomic E-state index is 11.2. The van der Waals surface area contributed by atoms with Gasteiger partial charge in [-0.3, -0.25) is 4.79 Å². The minimum absolute atomic E-state index is 0.188. The Bertz CT molecular complexity index is 211. The molecule has 1 atom stereocenters. The third kappa shape index (κ3) is 0.919. The maximum absolute atomic E-state index is 11.2. The van der Waals surface area contributed by atoms with Gasteiger partial charge in [0.15, 0.2) is 5.78 Å². The van der Waals surface area contributed by atoms with E-state index >= 15 is 0 Å². The van der Waals surface area contributed by atoms with Gasteiger partial charge in [-0.2, -0.15) is 0 Å². The predicted octanol–water partition coefficient (Wildman–Crippen LogP) is 2.10. The van der Waals surface area contributed by atoms with Gasteiger partial charge in [-0.15, -0.1) is 0 Å². The Balaban J connectivity index is 2.95. The fourth-order valence-electron chi connectivity index (χ4n) is 1.41. The fraction of sp³-hybridized carbons (Fsp3) is 0.444. The minimum atomic E-state index is 0.188. The Morgan fingerprint density at radius 2 is 2.30 bits per heavy atom. The molecule has 0 saturated carbocycles. The van der Waals surface area contributed by atoms with Gasteiger partial charge in [0.05, 0.1) is 0 Å². The van der Waals surface area contributed by atoms with E-state index in [4.69, 9.17) is 0 Å². The number of carbonyl (C=O) groups excluding carboxylic acids is 1. The highest BCUT2D eigenvalue weighted by molar-refractivity contribution is 6.02. The van der Waals surface area contributed by atoms with E-state index in [2.05, 4.69) is 6.58 Å². The maximum Gasteiger partial charge on any atom is 0.165 e. The molecule has 0 amide bonds. The molecule has 0 bridgehead atoms. The number of Topliss-reactive ketones (excluding diaryl/α,β-unsaturated/α-hetero) is 1. The summed E-state index contributed by atoms with van der Waals surface area (Å²) in [6, 6.07) is 0. The quantitative estimate of drug-likeness (QED) is 0.539. The second-order valence-corrected chi connectivity index (χ2v) is 2.87. The number of ketones is 1. The summed E-state index contributed by atoms with van der Waals surface area (Å²) in [6.45, 7) is 7.56. The second-order valence-electron chi connectivity index (χ2n) is 2.87. The number of carbonyl (C=O) groups is 1. The second kappa shape index (κ2) is 2.41. The van der Waals surface area contributed by atoms with E-state index in [0.717, 1.165) is 12.0 Å². The molecule has 0 N–H and O–H groups in total. The molecule has 10 heavy (non-hydrogen) atoms. The first-order valence-corrected chi connectivity index (χ1v) is 3.53. The van der Waals surface area contributed by atoms with E-state index < -0.39 is 0 Å². The molecule has 1 heteroatoms. The average Bonchev–Trinajstić information content (AvgIpc) is 2.09. The summed E-state index contributed by atoms with van der Waals surface area (Å²) in [7, 11) is 0. The largest absolute Gasteiger partial charge is 0.294 e. The standard InChI is InChI=1S/C9H12O/c1-4-8-6(2)5-7(3)9(8)10/h4,7H,1,5H2,2-3H3. The van der Waals surface area contributed by atoms with Crippen LogP contribution in [0.3, 0.4) is 0 Å². The Kier molecular flexibility index (Phi) is 1.75. The first kappa shape index (κ1) is 7.26. The lowest BCUT2D eigenvalue weighted by atomic mass is 10.1. The van der Waals surface area contributed by atoms with Crippen molar-refractivity contribution in [2.24, 2.45) is 5.92 Å². The summed E-state index contributed by atoms with van der Waals surface area (Å²) < 4.78 is 0. The summed E-state index contributed by atoms with van der Waals surface area (Å²) in [6.07, 6.45) is 2.58. The van der Waals surface area contributed by atoms with Crippen LogP contribution in [0.2, 0.25) is 0 Å². The first-order valence-electron chi connectivity index (χ1n) is 3.53. The van der Waals surface area contributed by atoms with E-state index in [1.165, 1.54) is 5.57 Å². The third-order valence-electron chi connectivity index (χ3n) is 1.99. The SMILES string of the molecule is C=CC1=C(C)CC(C)C1=O. The molecule has 0 heterocycles. The van der Waals surface area contributed by atoms with Crippen LogP contribution < -0.4 is 0 Å². The highest BCUT2D eigenvalue weighted by Gasteiger charge is 2.24. The molecule has 1 aliphatic carbocycles. The zero-order valence-corrected chi connectivity index (χ0v) is 6.48. The summed E-state index contributed by atoms with van der Waals surface area (Å²) in [5.74, 6) is 0.445. The molecule has 1 rings (SSSR count). The van der Waals surface area contributed by atoms with E-state index in [0.29, 0.717) is 0 Å². The van der Waals surface area contributed by atoms with Crippen LogP contribution in [0.4, 0.5) is 0 Å². The summed E-state index contributed by atoms with van der Waals surface area (Å²) in [5, 5.41) is 0. The Hall–Kier alpha value is -0.850. The summed E-state index contributed by atoms with van der Waals surface area (Å²) in [5.41, 5.74) is 2.03. The molecule has 1 aliphatic rings. The molecular weight excluding hydrogens is 124 g/mol. The van der Waals surface area contributed by atoms with Crippen molar-refractivity contribution in [2.45, 2.75) is 20.3 Å². The van der Waals surface area contributed by atoms with Gasteiger partial charge in [-0.05, 0) is 13.3 Å². The van der Waals surface area contributed by atoms with Gasteiger partial charge in [0.25, 0.3) is 0 Å². The predicted molar refractivity (Wildman–Crippen MR) is 41.7 cm³/mol. The lowest BCUT2D eigenvalue weighted by Crippen LogP contribution is -2.03. The smallest absolute Gasteiger partial charge is 0.165 e. The van der Waals surface area contributed by atoms with Crippen molar-refractivity contribution in [2.75, 3.05) is 0 Å². The molecule has 0 fully saturated rings. The molecule has 0 spiro atoms. The molecule has 0 aromatic heterocycles. The summed E-state index contributed by atoms with van der Waals surface area (Å²) >= 11 is 0. The number of hydrogen-bond donors (Lipinski definition) is 0. The van der Waals surface area contributed by atoms with Crippen LogP contribution in [-0.2, 0) is 4.79 Å². The molecule has 0 aliphatic heterocycles. The van der Waals surface area contributed by atoms with Gasteiger partial charge >= 0.3 is 0 Å². The van der Waals surface area contributed by atoms with Crippen molar-refractivity contribution in [1.29, 1.82) is 0 Å². The lowest BCUT2D eigenvalue weighted by Gasteiger charge is -1.95. The highest BCUT2D eigenvalue weighted by Crippen LogP contribution is 2.27. The molecule has 1 nitrogen and oxygen atoms in total. The van der Waals surface area contributed by atoms with Crippen LogP contribution in [0.1, 0.15) is 20.3 Å². The zero-order valence-electron chi connectivity index (χ0n) is 6.48. The van der Waals surface area contributed by atoms with Crippen molar-refractivity contribution < 1.29 is 4.79 Å². The molecule has 0 aromatic carbocycles. The van der Waals surface area contributed by atoms with Gasteiger partial charge in [0, 0.05) is 11.5 Å². The number of hydrogen-bond acceptors (Lipinski definition) is 1. The molecular formula is C9H12O. The van der Waals surface area contributed by atoms with Gasteiger partial charge in [-0.25, -0.2) is 0 Å². The Morgan fingerprint density at radius 1 is 1.70 bits per heavy atom. The van der Waals surface area contributed by atoms with E-state index in [1.54, 1.807) is 6.08 Å². The van der Waals surface area contributed by atoms with Crippen LogP contribution in [0.25, 0.3) is 0 Å². The van der Waals surface area contributed by atoms with Crippen LogP contribution in [0, 0.1) is 5.92 Å². The fourth-order valence-corrected chi connectivity index (χ4v) is 1.41. The van der Waals surface area contributed by atoms with Gasteiger partial charge in [0.2, 0.25) is 0 Å². The Labute approximate surface area is 61.4 Å². The Morgan fingerprint density at radius 3 is 2.50 bits per heavy atom. The van der Waals surface area contributed by atoms with Gasteiger partial charge in [0.1, 0.15) is 0 Å². The van der Waals surface area contributed by atoms with Gasteiger partial charge in [-0.1, -0.05) is 25.2 Å². The molecule has 1 unspecified atom stereocenters. The third-order valence-corrected chi connectivity index (χ3v) is 1.99. The lowest BCUT2D eigenvalue weighted by molar-refractivity contribution is -0.117. The number of rotatable bonds is 1. The summed E-state index contributed by atoms with van der Waals surface area (Å²) in [4.78, 5) is 11.2. The number of allylic oxidation sites excluding steroid dienone is 3. The van der Waals surface area contributed by atoms with E-state index in [-0.39, 0.29) is 11.7 Å². The minimum Gasteiger partial charge on any atom is -0.294 e. The molecule has 0 saturated heterocycles. The highest BCUT2D eigenvalue weighted by atomic mass is 16.1. The topological polar surface area (TPSA) is 17.1 Å². The van der Waals surface area contributed by atoms with Crippen LogP contribution in [0.15, 0.2) is 23.8 Å². The van der Waals surface area contributed by atoms with E-state index in [9.17, 15) is 4.79 Å². The molecule has 54 valence electrons. The van der Waals surface area contributed by atoms with Crippen LogP contribution in [0.5, 0.6) is 0 Å². The molecule has 0 aromatic rings. The van der Waals surface area contributed by atoms with Crippen molar-refractivity contribution in [3.8, 4) is 0 Å². The van der Waals surface area contributed by atoms with E-state index in [1.807, 2.05) is 13.8 Å².